The molecule has 0 aliphatic heterocycles. The van der Waals surface area contributed by atoms with E-state index in [2.05, 4.69) is 5.32 Å². The molecule has 0 fully saturated rings. The number of carbonyl (C=O) groups excluding carboxylic acids is 2. The molecule has 0 aliphatic rings. The van der Waals surface area contributed by atoms with Crippen LogP contribution in [0.1, 0.15) is 36.1 Å². The predicted octanol–water partition coefficient (Wildman–Crippen LogP) is 4.37. The Bertz CT molecular complexity index is 1390. The monoisotopic (exact) mass is 553 g/mol. The second-order valence-corrected chi connectivity index (χ2v) is 11.9. The second-order valence-electron chi connectivity index (χ2n) is 9.99. The van der Waals surface area contributed by atoms with Crippen LogP contribution < -0.4 is 9.62 Å². The summed E-state index contributed by atoms with van der Waals surface area (Å²) < 4.78 is 41.8. The van der Waals surface area contributed by atoms with Crippen LogP contribution in [0, 0.1) is 19.7 Å². The molecule has 3 rings (SSSR count). The molecule has 0 aromatic heterocycles. The number of sulfonamides is 1. The van der Waals surface area contributed by atoms with Crippen LogP contribution in [-0.2, 0) is 32.6 Å². The third kappa shape index (κ3) is 7.89. The lowest BCUT2D eigenvalue weighted by atomic mass is 10.0. The summed E-state index contributed by atoms with van der Waals surface area (Å²) in [6.07, 6.45) is 1.21. The maximum atomic E-state index is 14.8. The van der Waals surface area contributed by atoms with E-state index in [1.807, 2.05) is 50.2 Å². The number of amides is 2. The van der Waals surface area contributed by atoms with E-state index in [9.17, 15) is 22.4 Å². The highest BCUT2D eigenvalue weighted by Crippen LogP contribution is 2.27. The Labute approximate surface area is 230 Å². The zero-order valence-electron chi connectivity index (χ0n) is 23.0. The van der Waals surface area contributed by atoms with Gasteiger partial charge in [0.25, 0.3) is 0 Å². The van der Waals surface area contributed by atoms with Crippen LogP contribution in [0.4, 0.5) is 10.1 Å². The molecule has 7 nitrogen and oxygen atoms in total. The molecule has 0 radical (unpaired) electrons. The molecule has 2 amide bonds. The quantitative estimate of drug-likeness (QED) is 0.382. The van der Waals surface area contributed by atoms with Crippen molar-refractivity contribution in [3.8, 4) is 0 Å². The summed E-state index contributed by atoms with van der Waals surface area (Å²) in [6, 6.07) is 19.4. The molecule has 0 saturated carbocycles. The standard InChI is InChI=1S/C30H36FN3O4S/c1-21(2)32-30(36)27(18-24-14-7-6-8-15-24)33(19-25-16-9-10-17-26(25)31)28(35)20-34(39(5,37)38)29-22(3)12-11-13-23(29)4/h6-17,21,27H,18-20H2,1-5H3,(H,32,36)/t27-/m0/s1. The number of para-hydroxylation sites is 1. The van der Waals surface area contributed by atoms with Gasteiger partial charge in [0.2, 0.25) is 21.8 Å². The highest BCUT2D eigenvalue weighted by Gasteiger charge is 2.34. The van der Waals surface area contributed by atoms with E-state index in [0.717, 1.165) is 16.1 Å². The Balaban J connectivity index is 2.10. The molecule has 0 spiro atoms. The van der Waals surface area contributed by atoms with Crippen LogP contribution >= 0.6 is 0 Å². The van der Waals surface area contributed by atoms with E-state index in [1.165, 1.54) is 11.0 Å². The van der Waals surface area contributed by atoms with Crippen LogP contribution in [0.25, 0.3) is 0 Å². The highest BCUT2D eigenvalue weighted by molar-refractivity contribution is 7.92. The molecule has 1 atom stereocenters. The summed E-state index contributed by atoms with van der Waals surface area (Å²) in [7, 11) is -3.89. The van der Waals surface area contributed by atoms with Gasteiger partial charge >= 0.3 is 0 Å². The number of benzene rings is 3. The minimum atomic E-state index is -3.89. The molecule has 0 heterocycles. The molecule has 39 heavy (non-hydrogen) atoms. The van der Waals surface area contributed by atoms with Gasteiger partial charge in [-0.25, -0.2) is 12.8 Å². The van der Waals surface area contributed by atoms with Crippen LogP contribution in [0.15, 0.2) is 72.8 Å². The predicted molar refractivity (Wildman–Crippen MR) is 152 cm³/mol. The van der Waals surface area contributed by atoms with E-state index in [-0.39, 0.29) is 24.6 Å². The zero-order valence-corrected chi connectivity index (χ0v) is 23.8. The molecule has 0 bridgehead atoms. The number of anilines is 1. The fourth-order valence-corrected chi connectivity index (χ4v) is 5.48. The minimum Gasteiger partial charge on any atom is -0.352 e. The van der Waals surface area contributed by atoms with Crippen molar-refractivity contribution in [1.29, 1.82) is 0 Å². The average molecular weight is 554 g/mol. The molecule has 3 aromatic rings. The van der Waals surface area contributed by atoms with E-state index in [4.69, 9.17) is 0 Å². The summed E-state index contributed by atoms with van der Waals surface area (Å²) in [5, 5.41) is 2.87. The van der Waals surface area contributed by atoms with Gasteiger partial charge in [-0.2, -0.15) is 0 Å². The number of hydrogen-bond donors (Lipinski definition) is 1. The van der Waals surface area contributed by atoms with Gasteiger partial charge in [0.1, 0.15) is 18.4 Å². The van der Waals surface area contributed by atoms with Gasteiger partial charge in [0, 0.05) is 24.6 Å². The summed E-state index contributed by atoms with van der Waals surface area (Å²) in [5.41, 5.74) is 2.81. The first-order chi connectivity index (χ1) is 18.4. The van der Waals surface area contributed by atoms with E-state index in [0.29, 0.717) is 16.8 Å². The Hall–Kier alpha value is -3.72. The molecular formula is C30H36FN3O4S. The Kier molecular flexibility index (Phi) is 9.86. The van der Waals surface area contributed by atoms with Crippen molar-refractivity contribution >= 4 is 27.5 Å². The first-order valence-corrected chi connectivity index (χ1v) is 14.6. The maximum absolute atomic E-state index is 14.8. The van der Waals surface area contributed by atoms with Crippen molar-refractivity contribution in [2.45, 2.75) is 52.7 Å². The van der Waals surface area contributed by atoms with E-state index in [1.54, 1.807) is 44.2 Å². The van der Waals surface area contributed by atoms with Gasteiger partial charge in [-0.15, -0.1) is 0 Å². The fraction of sp³-hybridized carbons (Fsp3) is 0.333. The number of aryl methyl sites for hydroxylation is 2. The van der Waals surface area contributed by atoms with Crippen LogP contribution in [0.5, 0.6) is 0 Å². The Morgan fingerprint density at radius 3 is 2.05 bits per heavy atom. The smallest absolute Gasteiger partial charge is 0.244 e. The molecule has 0 aliphatic carbocycles. The van der Waals surface area contributed by atoms with Gasteiger partial charge in [0.15, 0.2) is 0 Å². The summed E-state index contributed by atoms with van der Waals surface area (Å²) in [6.45, 7) is 6.42. The molecule has 9 heteroatoms. The minimum absolute atomic E-state index is 0.169. The van der Waals surface area contributed by atoms with Crippen molar-refractivity contribution in [2.75, 3.05) is 17.1 Å². The normalized spacial score (nSPS) is 12.2. The summed E-state index contributed by atoms with van der Waals surface area (Å²) >= 11 is 0. The molecule has 1 N–H and O–H groups in total. The summed E-state index contributed by atoms with van der Waals surface area (Å²) in [4.78, 5) is 28.8. The second kappa shape index (κ2) is 12.9. The van der Waals surface area contributed by atoms with E-state index < -0.39 is 40.2 Å². The Morgan fingerprint density at radius 1 is 0.897 bits per heavy atom. The lowest BCUT2D eigenvalue weighted by Crippen LogP contribution is -2.54. The molecular weight excluding hydrogens is 517 g/mol. The number of halogens is 1. The molecule has 0 saturated heterocycles. The van der Waals surface area contributed by atoms with Crippen LogP contribution in [0.2, 0.25) is 0 Å². The first-order valence-electron chi connectivity index (χ1n) is 12.8. The largest absolute Gasteiger partial charge is 0.352 e. The van der Waals surface area contributed by atoms with Crippen molar-refractivity contribution in [2.24, 2.45) is 0 Å². The van der Waals surface area contributed by atoms with Gasteiger partial charge in [-0.05, 0) is 50.5 Å². The third-order valence-electron chi connectivity index (χ3n) is 6.37. The molecule has 208 valence electrons. The zero-order chi connectivity index (χ0) is 28.7. The van der Waals surface area contributed by atoms with Gasteiger partial charge in [0.05, 0.1) is 11.9 Å². The number of carbonyl (C=O) groups is 2. The maximum Gasteiger partial charge on any atom is 0.244 e. The fourth-order valence-electron chi connectivity index (χ4n) is 4.52. The SMILES string of the molecule is Cc1cccc(C)c1N(CC(=O)N(Cc1ccccc1F)[C@@H](Cc1ccccc1)C(=O)NC(C)C)S(C)(=O)=O. The van der Waals surface area contributed by atoms with Crippen molar-refractivity contribution < 1.29 is 22.4 Å². The number of nitrogens with one attached hydrogen (secondary N) is 1. The number of nitrogens with zero attached hydrogens (tertiary/aromatic N) is 2. The molecule has 3 aromatic carbocycles. The van der Waals surface area contributed by atoms with Crippen LogP contribution in [0.3, 0.4) is 0 Å². The van der Waals surface area contributed by atoms with E-state index >= 15 is 0 Å². The lowest BCUT2D eigenvalue weighted by molar-refractivity contribution is -0.140. The first kappa shape index (κ1) is 29.8. The number of rotatable bonds is 11. The Morgan fingerprint density at radius 2 is 1.49 bits per heavy atom. The van der Waals surface area contributed by atoms with Crippen molar-refractivity contribution in [3.63, 3.8) is 0 Å². The number of hydrogen-bond acceptors (Lipinski definition) is 4. The molecule has 0 unspecified atom stereocenters. The topological polar surface area (TPSA) is 86.8 Å². The van der Waals surface area contributed by atoms with Gasteiger partial charge in [-0.1, -0.05) is 66.7 Å². The highest BCUT2D eigenvalue weighted by atomic mass is 32.2. The third-order valence-corrected chi connectivity index (χ3v) is 7.48. The average Bonchev–Trinajstić information content (AvgIpc) is 2.86. The van der Waals surface area contributed by atoms with Gasteiger partial charge in [-0.3, -0.25) is 13.9 Å². The van der Waals surface area contributed by atoms with Gasteiger partial charge < -0.3 is 10.2 Å². The van der Waals surface area contributed by atoms with Crippen LogP contribution in [-0.4, -0.2) is 50.0 Å². The summed E-state index contributed by atoms with van der Waals surface area (Å²) in [5.74, 6) is -1.55. The lowest BCUT2D eigenvalue weighted by Gasteiger charge is -2.34. The van der Waals surface area contributed by atoms with Crippen molar-refractivity contribution in [3.05, 3.63) is 101 Å². The van der Waals surface area contributed by atoms with Crippen molar-refractivity contribution in [1.82, 2.24) is 10.2 Å².